The van der Waals surface area contributed by atoms with Crippen LogP contribution in [-0.2, 0) is 4.74 Å². The number of thiazole rings is 1. The molecule has 3 saturated carbocycles. The number of anilines is 1. The fourth-order valence-electron chi connectivity index (χ4n) is 7.56. The monoisotopic (exact) mass is 565 g/mol. The molecule has 5 fully saturated rings. The molecule has 3 aromatic rings. The molecule has 2 bridgehead atoms. The lowest BCUT2D eigenvalue weighted by Crippen LogP contribution is -2.46. The topological polar surface area (TPSA) is 106 Å². The number of nitrogens with zero attached hydrogens (tertiary/aromatic N) is 3. The summed E-state index contributed by atoms with van der Waals surface area (Å²) in [5.41, 5.74) is 2.12. The Kier molecular flexibility index (Phi) is 5.57. The van der Waals surface area contributed by atoms with E-state index in [-0.39, 0.29) is 47.1 Å². The van der Waals surface area contributed by atoms with Gasteiger partial charge in [0.15, 0.2) is 16.7 Å². The van der Waals surface area contributed by atoms with Crippen LogP contribution in [-0.4, -0.2) is 45.4 Å². The first kappa shape index (κ1) is 24.8. The molecule has 1 N–H and O–H groups in total. The van der Waals surface area contributed by atoms with E-state index in [1.54, 1.807) is 0 Å². The van der Waals surface area contributed by atoms with Gasteiger partial charge in [0.2, 0.25) is 0 Å². The van der Waals surface area contributed by atoms with E-state index in [0.29, 0.717) is 33.7 Å². The normalized spacial score (nSPS) is 27.4. The number of esters is 1. The van der Waals surface area contributed by atoms with E-state index in [9.17, 15) is 19.1 Å². The number of hydrogen-bond donors (Lipinski definition) is 1. The van der Waals surface area contributed by atoms with Crippen molar-refractivity contribution < 1.29 is 28.3 Å². The lowest BCUT2D eigenvalue weighted by molar-refractivity contribution is 0.0199. The molecule has 10 heteroatoms. The average molecular weight is 566 g/mol. The maximum atomic E-state index is 14.6. The number of carboxylic acids is 1. The summed E-state index contributed by atoms with van der Waals surface area (Å²) in [5.74, 6) is -0.787. The minimum atomic E-state index is -1.16. The number of carbonyl (C=O) groups excluding carboxylic acids is 1. The number of carboxylic acid groups (broad SMARTS) is 1. The molecule has 5 aliphatic rings. The second-order valence-corrected chi connectivity index (χ2v) is 13.8. The van der Waals surface area contributed by atoms with Crippen molar-refractivity contribution in [3.8, 4) is 0 Å². The van der Waals surface area contributed by atoms with E-state index >= 15 is 0 Å². The lowest BCUT2D eigenvalue weighted by atomic mass is 9.77. The molecule has 3 atom stereocenters. The molecule has 0 amide bonds. The molecule has 2 aliphatic heterocycles. The van der Waals surface area contributed by atoms with Crippen LogP contribution in [0, 0.1) is 11.2 Å². The Balaban J connectivity index is 1.00. The maximum Gasteiger partial charge on any atom is 0.344 e. The molecular weight excluding hydrogens is 533 g/mol. The number of halogens is 1. The molecule has 4 heterocycles. The van der Waals surface area contributed by atoms with E-state index in [0.717, 1.165) is 56.0 Å². The van der Waals surface area contributed by atoms with Gasteiger partial charge in [0.1, 0.15) is 22.9 Å². The van der Waals surface area contributed by atoms with Gasteiger partial charge in [0, 0.05) is 36.8 Å². The summed E-state index contributed by atoms with van der Waals surface area (Å²) in [6, 6.07) is 2.79. The highest BCUT2D eigenvalue weighted by molar-refractivity contribution is 7.22. The summed E-state index contributed by atoms with van der Waals surface area (Å²) in [6.07, 6.45) is 12.4. The highest BCUT2D eigenvalue weighted by atomic mass is 32.1. The van der Waals surface area contributed by atoms with Crippen LogP contribution in [0.15, 0.2) is 16.7 Å². The van der Waals surface area contributed by atoms with Crippen LogP contribution in [0.5, 0.6) is 0 Å². The van der Waals surface area contributed by atoms with Crippen LogP contribution in [0.3, 0.4) is 0 Å². The minimum Gasteiger partial charge on any atom is -0.478 e. The first-order valence-corrected chi connectivity index (χ1v) is 15.5. The third-order valence-corrected chi connectivity index (χ3v) is 11.2. The number of fused-ring (bicyclic) bond motifs is 3. The molecule has 0 radical (unpaired) electrons. The second kappa shape index (κ2) is 8.99. The van der Waals surface area contributed by atoms with Crippen LogP contribution < -0.4 is 4.90 Å². The van der Waals surface area contributed by atoms with Gasteiger partial charge in [-0.05, 0) is 81.8 Å². The molecule has 40 heavy (non-hydrogen) atoms. The lowest BCUT2D eigenvalue weighted by Gasteiger charge is -2.38. The molecule has 2 aromatic heterocycles. The Morgan fingerprint density at radius 3 is 2.40 bits per heavy atom. The zero-order valence-electron chi connectivity index (χ0n) is 22.2. The van der Waals surface area contributed by atoms with Gasteiger partial charge in [-0.25, -0.2) is 19.0 Å². The van der Waals surface area contributed by atoms with Crippen LogP contribution >= 0.6 is 11.3 Å². The van der Waals surface area contributed by atoms with Crippen molar-refractivity contribution in [2.45, 2.75) is 107 Å². The van der Waals surface area contributed by atoms with Crippen molar-refractivity contribution in [2.75, 3.05) is 4.90 Å². The number of aromatic carboxylic acids is 1. The largest absolute Gasteiger partial charge is 0.478 e. The summed E-state index contributed by atoms with van der Waals surface area (Å²) in [4.78, 5) is 31.9. The van der Waals surface area contributed by atoms with E-state index in [1.165, 1.54) is 43.1 Å². The number of carbonyl (C=O) groups is 2. The van der Waals surface area contributed by atoms with Crippen LogP contribution in [0.25, 0.3) is 10.2 Å². The van der Waals surface area contributed by atoms with E-state index in [1.807, 2.05) is 0 Å². The summed E-state index contributed by atoms with van der Waals surface area (Å²) in [5, 5.41) is 14.5. The van der Waals surface area contributed by atoms with Crippen molar-refractivity contribution in [3.05, 3.63) is 40.5 Å². The molecule has 8 rings (SSSR count). The summed E-state index contributed by atoms with van der Waals surface area (Å²) in [6.45, 7) is 0. The van der Waals surface area contributed by atoms with Crippen LogP contribution in [0.4, 0.5) is 9.52 Å². The quantitative estimate of drug-likeness (QED) is 0.326. The third-order valence-electron chi connectivity index (χ3n) is 10.2. The fraction of sp³-hybridized carbons (Fsp3) is 0.600. The summed E-state index contributed by atoms with van der Waals surface area (Å²) < 4.78 is 27.2. The van der Waals surface area contributed by atoms with Gasteiger partial charge in [-0.15, -0.1) is 0 Å². The molecule has 0 unspecified atom stereocenters. The van der Waals surface area contributed by atoms with Gasteiger partial charge < -0.3 is 19.3 Å². The van der Waals surface area contributed by atoms with Gasteiger partial charge in [-0.3, -0.25) is 0 Å². The fourth-order valence-corrected chi connectivity index (χ4v) is 8.72. The molecule has 1 aromatic carbocycles. The molecule has 210 valence electrons. The standard InChI is InChI=1S/C30H32FN3O5S/c31-21-11-17(27(35)36)12-22-25(21)32-29(40-22)34-18-3-4-19(34)14-20(13-18)38-28(37)23-24(33-39-26(23)16-1-2-16)15-5-7-30(8-6-15)9-10-30/h11-12,15-16,18-20H,1-10,13-14H2,(H,35,36)/t18-,19+,20+. The van der Waals surface area contributed by atoms with Gasteiger partial charge >= 0.3 is 11.9 Å². The van der Waals surface area contributed by atoms with Crippen molar-refractivity contribution in [3.63, 3.8) is 0 Å². The first-order valence-electron chi connectivity index (χ1n) is 14.7. The van der Waals surface area contributed by atoms with Gasteiger partial charge in [-0.1, -0.05) is 16.5 Å². The predicted octanol–water partition coefficient (Wildman–Crippen LogP) is 6.79. The Hall–Kier alpha value is -3.01. The van der Waals surface area contributed by atoms with Gasteiger partial charge in [0.05, 0.1) is 10.3 Å². The molecule has 1 spiro atoms. The number of aromatic nitrogens is 2. The number of piperidine rings is 1. The van der Waals surface area contributed by atoms with E-state index < -0.39 is 11.8 Å². The third kappa shape index (κ3) is 4.13. The summed E-state index contributed by atoms with van der Waals surface area (Å²) in [7, 11) is 0. The zero-order chi connectivity index (χ0) is 27.2. The van der Waals surface area contributed by atoms with Crippen molar-refractivity contribution in [2.24, 2.45) is 5.41 Å². The number of hydrogen-bond acceptors (Lipinski definition) is 8. The average Bonchev–Trinajstić information content (AvgIpc) is 3.80. The number of ether oxygens (including phenoxy) is 1. The smallest absolute Gasteiger partial charge is 0.344 e. The minimum absolute atomic E-state index is 0.0762. The SMILES string of the molecule is O=C(O)c1cc(F)c2nc(N3[C@@H]4CC[C@H]3C[C@@H](OC(=O)c3c(C5CCC6(CC5)CC6)noc3C3CC3)C4)sc2c1. The van der Waals surface area contributed by atoms with E-state index in [2.05, 4.69) is 15.0 Å². The molecule has 8 nitrogen and oxygen atoms in total. The predicted molar refractivity (Wildman–Crippen MR) is 146 cm³/mol. The summed E-state index contributed by atoms with van der Waals surface area (Å²) >= 11 is 1.33. The first-order chi connectivity index (χ1) is 19.4. The Morgan fingerprint density at radius 2 is 1.75 bits per heavy atom. The Morgan fingerprint density at radius 1 is 1.02 bits per heavy atom. The second-order valence-electron chi connectivity index (χ2n) is 12.8. The van der Waals surface area contributed by atoms with Crippen LogP contribution in [0.2, 0.25) is 0 Å². The van der Waals surface area contributed by atoms with Crippen molar-refractivity contribution >= 4 is 38.6 Å². The Bertz CT molecular complexity index is 1500. The highest BCUT2D eigenvalue weighted by Crippen LogP contribution is 2.59. The maximum absolute atomic E-state index is 14.6. The van der Waals surface area contributed by atoms with Gasteiger partial charge in [-0.2, -0.15) is 0 Å². The van der Waals surface area contributed by atoms with E-state index in [4.69, 9.17) is 9.26 Å². The Labute approximate surface area is 234 Å². The molecular formula is C30H32FN3O5S. The molecule has 2 saturated heterocycles. The van der Waals surface area contributed by atoms with Crippen molar-refractivity contribution in [1.29, 1.82) is 0 Å². The van der Waals surface area contributed by atoms with Crippen molar-refractivity contribution in [1.82, 2.24) is 10.1 Å². The van der Waals surface area contributed by atoms with Gasteiger partial charge in [0.25, 0.3) is 0 Å². The number of benzene rings is 1. The molecule has 3 aliphatic carbocycles. The zero-order valence-corrected chi connectivity index (χ0v) is 23.1. The highest BCUT2D eigenvalue weighted by Gasteiger charge is 2.48. The number of rotatable bonds is 6. The van der Waals surface area contributed by atoms with Crippen LogP contribution in [0.1, 0.15) is 121 Å².